The van der Waals surface area contributed by atoms with Gasteiger partial charge in [-0.05, 0) is 68.7 Å². The molecule has 30 heavy (non-hydrogen) atoms. The van der Waals surface area contributed by atoms with Crippen LogP contribution in [-0.2, 0) is 0 Å². The van der Waals surface area contributed by atoms with Gasteiger partial charge < -0.3 is 10.2 Å². The summed E-state index contributed by atoms with van der Waals surface area (Å²) in [5.41, 5.74) is 4.67. The van der Waals surface area contributed by atoms with Crippen molar-refractivity contribution in [3.8, 4) is 0 Å². The number of anilines is 1. The zero-order valence-corrected chi connectivity index (χ0v) is 18.6. The second kappa shape index (κ2) is 8.84. The number of nitrogens with zero attached hydrogens (tertiary/aromatic N) is 2. The zero-order chi connectivity index (χ0) is 21.1. The maximum absolute atomic E-state index is 12.6. The molecule has 0 bridgehead atoms. The number of benzene rings is 2. The average Bonchev–Trinajstić information content (AvgIpc) is 3.15. The molecule has 2 aromatic heterocycles. The minimum absolute atomic E-state index is 0.0168. The Morgan fingerprint density at radius 2 is 1.87 bits per heavy atom. The normalized spacial score (nSPS) is 11.2. The third-order valence-corrected chi connectivity index (χ3v) is 6.37. The lowest BCUT2D eigenvalue weighted by Crippen LogP contribution is -2.29. The maximum atomic E-state index is 12.6. The predicted octanol–water partition coefficient (Wildman–Crippen LogP) is 5.71. The van der Waals surface area contributed by atoms with Crippen molar-refractivity contribution in [2.45, 2.75) is 27.2 Å². The molecular formula is C25H27N3OS. The lowest BCUT2D eigenvalue weighted by molar-refractivity contribution is 0.0957. The number of hydrogen-bond acceptors (Lipinski definition) is 4. The Kier molecular flexibility index (Phi) is 6.00. The predicted molar refractivity (Wildman–Crippen MR) is 128 cm³/mol. The van der Waals surface area contributed by atoms with Crippen molar-refractivity contribution in [3.05, 3.63) is 70.6 Å². The minimum Gasteiger partial charge on any atom is -0.372 e. The molecule has 0 spiro atoms. The third kappa shape index (κ3) is 4.46. The number of thiophene rings is 1. The summed E-state index contributed by atoms with van der Waals surface area (Å²) in [6.07, 6.45) is 0.903. The molecular weight excluding hydrogens is 390 g/mol. The summed E-state index contributed by atoms with van der Waals surface area (Å²) in [6, 6.07) is 18.9. The summed E-state index contributed by atoms with van der Waals surface area (Å²) < 4.78 is 0. The molecule has 0 fully saturated rings. The fraction of sp³-hybridized carbons (Fsp3) is 0.280. The second-order valence-electron chi connectivity index (χ2n) is 7.72. The van der Waals surface area contributed by atoms with Crippen LogP contribution in [0, 0.1) is 13.8 Å². The molecule has 4 rings (SSSR count). The first-order valence-electron chi connectivity index (χ1n) is 10.4. The maximum Gasteiger partial charge on any atom is 0.261 e. The molecule has 0 unspecified atom stereocenters. The van der Waals surface area contributed by atoms with E-state index in [0.29, 0.717) is 6.54 Å². The van der Waals surface area contributed by atoms with Gasteiger partial charge in [0, 0.05) is 36.1 Å². The summed E-state index contributed by atoms with van der Waals surface area (Å²) in [7, 11) is 0. The van der Waals surface area contributed by atoms with Gasteiger partial charge in [-0.2, -0.15) is 0 Å². The molecule has 1 N–H and O–H groups in total. The summed E-state index contributed by atoms with van der Waals surface area (Å²) in [5, 5.41) is 5.20. The number of carbonyl (C=O) groups is 1. The summed E-state index contributed by atoms with van der Waals surface area (Å²) in [6.45, 7) is 8.87. The number of fused-ring (bicyclic) bond motifs is 2. The standard InChI is InChI=1S/C25H27N3OS/c1-4-28(21-8-5-7-17(2)13-21)12-6-11-26-24(29)23-16-20-15-19-10-9-18(3)14-22(19)27-25(20)30-23/h5,7-10,13-16H,4,6,11-12H2,1-3H3,(H,26,29). The van der Waals surface area contributed by atoms with Gasteiger partial charge in [0.25, 0.3) is 5.91 Å². The van der Waals surface area contributed by atoms with E-state index in [1.807, 2.05) is 6.07 Å². The van der Waals surface area contributed by atoms with E-state index < -0.39 is 0 Å². The van der Waals surface area contributed by atoms with Gasteiger partial charge in [-0.15, -0.1) is 11.3 Å². The fourth-order valence-electron chi connectivity index (χ4n) is 3.70. The summed E-state index contributed by atoms with van der Waals surface area (Å²) in [4.78, 5) is 21.4. The average molecular weight is 418 g/mol. The van der Waals surface area contributed by atoms with E-state index in [-0.39, 0.29) is 5.91 Å². The molecule has 4 nitrogen and oxygen atoms in total. The summed E-state index contributed by atoms with van der Waals surface area (Å²) in [5.74, 6) is -0.0168. The van der Waals surface area contributed by atoms with E-state index in [1.165, 1.54) is 28.2 Å². The van der Waals surface area contributed by atoms with Crippen LogP contribution in [0.4, 0.5) is 5.69 Å². The van der Waals surface area contributed by atoms with Crippen LogP contribution < -0.4 is 10.2 Å². The lowest BCUT2D eigenvalue weighted by Gasteiger charge is -2.23. The largest absolute Gasteiger partial charge is 0.372 e. The van der Waals surface area contributed by atoms with Crippen molar-refractivity contribution < 1.29 is 4.79 Å². The van der Waals surface area contributed by atoms with Crippen LogP contribution in [0.5, 0.6) is 0 Å². The zero-order valence-electron chi connectivity index (χ0n) is 17.7. The first-order chi connectivity index (χ1) is 14.5. The van der Waals surface area contributed by atoms with Gasteiger partial charge in [0.15, 0.2) is 0 Å². The molecule has 0 aliphatic rings. The highest BCUT2D eigenvalue weighted by Gasteiger charge is 2.12. The minimum atomic E-state index is -0.0168. The van der Waals surface area contributed by atoms with Crippen LogP contribution in [-0.4, -0.2) is 30.5 Å². The number of nitrogens with one attached hydrogen (secondary N) is 1. The Balaban J connectivity index is 1.37. The molecule has 0 saturated heterocycles. The van der Waals surface area contributed by atoms with E-state index in [0.717, 1.165) is 45.5 Å². The molecule has 154 valence electrons. The molecule has 5 heteroatoms. The van der Waals surface area contributed by atoms with E-state index >= 15 is 0 Å². The van der Waals surface area contributed by atoms with Crippen molar-refractivity contribution in [1.29, 1.82) is 0 Å². The number of aryl methyl sites for hydroxylation is 2. The van der Waals surface area contributed by atoms with E-state index in [1.54, 1.807) is 0 Å². The molecule has 2 heterocycles. The number of amides is 1. The highest BCUT2D eigenvalue weighted by molar-refractivity contribution is 7.20. The van der Waals surface area contributed by atoms with Crippen molar-refractivity contribution in [1.82, 2.24) is 10.3 Å². The molecule has 0 saturated carbocycles. The van der Waals surface area contributed by atoms with Crippen molar-refractivity contribution in [2.24, 2.45) is 0 Å². The Morgan fingerprint density at radius 3 is 2.67 bits per heavy atom. The third-order valence-electron chi connectivity index (χ3n) is 5.32. The van der Waals surface area contributed by atoms with Crippen molar-refractivity contribution >= 4 is 44.1 Å². The van der Waals surface area contributed by atoms with Gasteiger partial charge >= 0.3 is 0 Å². The molecule has 0 aliphatic heterocycles. The highest BCUT2D eigenvalue weighted by Crippen LogP contribution is 2.28. The molecule has 0 aliphatic carbocycles. The van der Waals surface area contributed by atoms with Gasteiger partial charge in [0.05, 0.1) is 10.4 Å². The first-order valence-corrected chi connectivity index (χ1v) is 11.3. The first kappa shape index (κ1) is 20.4. The lowest BCUT2D eigenvalue weighted by atomic mass is 10.1. The number of rotatable bonds is 7. The van der Waals surface area contributed by atoms with Gasteiger partial charge in [-0.25, -0.2) is 4.98 Å². The van der Waals surface area contributed by atoms with Crippen LogP contribution in [0.1, 0.15) is 34.1 Å². The smallest absolute Gasteiger partial charge is 0.261 e. The van der Waals surface area contributed by atoms with Crippen LogP contribution in [0.2, 0.25) is 0 Å². The van der Waals surface area contributed by atoms with E-state index in [9.17, 15) is 4.79 Å². The highest BCUT2D eigenvalue weighted by atomic mass is 32.1. The van der Waals surface area contributed by atoms with Gasteiger partial charge in [0.1, 0.15) is 4.83 Å². The van der Waals surface area contributed by atoms with Crippen LogP contribution in [0.25, 0.3) is 21.1 Å². The van der Waals surface area contributed by atoms with Crippen molar-refractivity contribution in [3.63, 3.8) is 0 Å². The van der Waals surface area contributed by atoms with Crippen LogP contribution >= 0.6 is 11.3 Å². The Morgan fingerprint density at radius 1 is 1.03 bits per heavy atom. The number of hydrogen-bond donors (Lipinski definition) is 1. The van der Waals surface area contributed by atoms with E-state index in [4.69, 9.17) is 4.98 Å². The monoisotopic (exact) mass is 417 g/mol. The Labute approximate surface area is 181 Å². The van der Waals surface area contributed by atoms with Crippen LogP contribution in [0.3, 0.4) is 0 Å². The SMILES string of the molecule is CCN(CCCNC(=O)c1cc2cc3ccc(C)cc3nc2s1)c1cccc(C)c1. The van der Waals surface area contributed by atoms with Crippen LogP contribution in [0.15, 0.2) is 54.6 Å². The fourth-order valence-corrected chi connectivity index (χ4v) is 4.64. The second-order valence-corrected chi connectivity index (χ2v) is 8.75. The molecule has 4 aromatic rings. The molecule has 0 radical (unpaired) electrons. The molecule has 0 atom stereocenters. The topological polar surface area (TPSA) is 45.2 Å². The summed E-state index contributed by atoms with van der Waals surface area (Å²) >= 11 is 1.46. The molecule has 2 aromatic carbocycles. The Bertz CT molecular complexity index is 1200. The van der Waals surface area contributed by atoms with Gasteiger partial charge in [0.2, 0.25) is 0 Å². The number of carbonyl (C=O) groups excluding carboxylic acids is 1. The van der Waals surface area contributed by atoms with E-state index in [2.05, 4.69) is 79.5 Å². The van der Waals surface area contributed by atoms with Gasteiger partial charge in [-0.1, -0.05) is 24.3 Å². The Hall–Kier alpha value is -2.92. The number of aromatic nitrogens is 1. The quantitative estimate of drug-likeness (QED) is 0.392. The van der Waals surface area contributed by atoms with Gasteiger partial charge in [-0.3, -0.25) is 4.79 Å². The van der Waals surface area contributed by atoms with Crippen molar-refractivity contribution in [2.75, 3.05) is 24.5 Å². The number of pyridine rings is 1. The molecule has 1 amide bonds.